The highest BCUT2D eigenvalue weighted by Gasteiger charge is 2.35. The van der Waals surface area contributed by atoms with Gasteiger partial charge in [0.1, 0.15) is 0 Å². The first-order chi connectivity index (χ1) is 14.3. The molecule has 1 amide bonds. The first-order valence-electron chi connectivity index (χ1n) is 9.63. The molecule has 1 saturated heterocycles. The number of para-hydroxylation sites is 1. The molecule has 2 aromatic carbocycles. The number of amides is 1. The van der Waals surface area contributed by atoms with Crippen molar-refractivity contribution in [1.82, 2.24) is 9.88 Å². The number of aromatic nitrogens is 1. The molecule has 0 radical (unpaired) electrons. The van der Waals surface area contributed by atoms with Gasteiger partial charge >= 0.3 is 6.18 Å². The Morgan fingerprint density at radius 3 is 2.63 bits per heavy atom. The number of nitrogens with one attached hydrogen (secondary N) is 1. The van der Waals surface area contributed by atoms with E-state index in [1.165, 1.54) is 6.07 Å². The largest absolute Gasteiger partial charge is 0.417 e. The number of ether oxygens (including phenoxy) is 1. The number of morpholine rings is 1. The van der Waals surface area contributed by atoms with Crippen LogP contribution in [-0.2, 0) is 15.7 Å². The van der Waals surface area contributed by atoms with E-state index in [9.17, 15) is 18.0 Å². The topological polar surface area (TPSA) is 45.3 Å². The predicted molar refractivity (Wildman–Crippen MR) is 109 cm³/mol. The van der Waals surface area contributed by atoms with Gasteiger partial charge in [-0.25, -0.2) is 0 Å². The van der Waals surface area contributed by atoms with Gasteiger partial charge in [0.2, 0.25) is 5.91 Å². The summed E-state index contributed by atoms with van der Waals surface area (Å²) in [5.74, 6) is -0.660. The summed E-state index contributed by atoms with van der Waals surface area (Å²) in [6.45, 7) is 1.88. The van der Waals surface area contributed by atoms with E-state index in [2.05, 4.69) is 4.98 Å². The summed E-state index contributed by atoms with van der Waals surface area (Å²) in [7, 11) is 0. The molecule has 1 N–H and O–H groups in total. The maximum absolute atomic E-state index is 13.5. The van der Waals surface area contributed by atoms with Crippen LogP contribution in [0.5, 0.6) is 0 Å². The van der Waals surface area contributed by atoms with Crippen molar-refractivity contribution in [2.75, 3.05) is 26.3 Å². The van der Waals surface area contributed by atoms with Crippen LogP contribution < -0.4 is 0 Å². The molecule has 4 rings (SSSR count). The molecule has 0 saturated carbocycles. The Balaban J connectivity index is 1.77. The highest BCUT2D eigenvalue weighted by atomic mass is 35.5. The van der Waals surface area contributed by atoms with Crippen LogP contribution in [-0.4, -0.2) is 42.1 Å². The second-order valence-electron chi connectivity index (χ2n) is 7.28. The van der Waals surface area contributed by atoms with E-state index in [1.54, 1.807) is 17.2 Å². The molecule has 0 bridgehead atoms. The van der Waals surface area contributed by atoms with Crippen LogP contribution in [0.2, 0.25) is 5.02 Å². The molecule has 8 heteroatoms. The minimum absolute atomic E-state index is 0.0563. The van der Waals surface area contributed by atoms with Gasteiger partial charge in [-0.1, -0.05) is 35.9 Å². The number of hydrogen-bond acceptors (Lipinski definition) is 2. The second-order valence-corrected chi connectivity index (χ2v) is 7.68. The van der Waals surface area contributed by atoms with Gasteiger partial charge in [0.05, 0.1) is 23.8 Å². The molecular weight excluding hydrogens is 417 g/mol. The van der Waals surface area contributed by atoms with Crippen molar-refractivity contribution in [3.05, 3.63) is 70.4 Å². The highest BCUT2D eigenvalue weighted by molar-refractivity contribution is 6.31. The number of rotatable bonds is 4. The first-order valence-corrected chi connectivity index (χ1v) is 10.0. The Morgan fingerprint density at radius 1 is 1.17 bits per heavy atom. The van der Waals surface area contributed by atoms with Crippen molar-refractivity contribution in [2.45, 2.75) is 18.5 Å². The van der Waals surface area contributed by atoms with Gasteiger partial charge in [-0.3, -0.25) is 4.79 Å². The lowest BCUT2D eigenvalue weighted by molar-refractivity contribution is -0.137. The van der Waals surface area contributed by atoms with E-state index in [1.807, 2.05) is 24.3 Å². The summed E-state index contributed by atoms with van der Waals surface area (Å²) in [6, 6.07) is 11.4. The predicted octanol–water partition coefficient (Wildman–Crippen LogP) is 5.22. The fraction of sp³-hybridized carbons (Fsp3) is 0.318. The van der Waals surface area contributed by atoms with Crippen LogP contribution in [0.15, 0.2) is 48.7 Å². The Hall–Kier alpha value is -2.51. The lowest BCUT2D eigenvalue weighted by Crippen LogP contribution is -2.41. The molecule has 2 heterocycles. The monoisotopic (exact) mass is 436 g/mol. The van der Waals surface area contributed by atoms with Gasteiger partial charge < -0.3 is 14.6 Å². The van der Waals surface area contributed by atoms with Gasteiger partial charge in [0, 0.05) is 42.5 Å². The summed E-state index contributed by atoms with van der Waals surface area (Å²) in [4.78, 5) is 17.8. The van der Waals surface area contributed by atoms with E-state index in [0.717, 1.165) is 22.5 Å². The molecule has 1 aliphatic heterocycles. The van der Waals surface area contributed by atoms with Crippen LogP contribution in [0, 0.1) is 0 Å². The molecule has 1 fully saturated rings. The zero-order valence-electron chi connectivity index (χ0n) is 16.0. The Kier molecular flexibility index (Phi) is 5.75. The third-order valence-corrected chi connectivity index (χ3v) is 5.77. The van der Waals surface area contributed by atoms with Crippen molar-refractivity contribution in [3.63, 3.8) is 0 Å². The number of H-pyrrole nitrogens is 1. The zero-order valence-corrected chi connectivity index (χ0v) is 16.8. The molecule has 1 aromatic heterocycles. The van der Waals surface area contributed by atoms with Gasteiger partial charge in [-0.15, -0.1) is 0 Å². The number of fused-ring (bicyclic) bond motifs is 1. The smallest absolute Gasteiger partial charge is 0.378 e. The summed E-state index contributed by atoms with van der Waals surface area (Å²) in [6.07, 6.45) is -2.75. The van der Waals surface area contributed by atoms with Crippen molar-refractivity contribution in [2.24, 2.45) is 0 Å². The van der Waals surface area contributed by atoms with Crippen LogP contribution in [0.25, 0.3) is 10.9 Å². The molecule has 0 aliphatic carbocycles. The molecule has 4 nitrogen and oxygen atoms in total. The molecule has 30 heavy (non-hydrogen) atoms. The SMILES string of the molecule is O=C(C[C@@H](c1ccc(Cl)c(C(F)(F)F)c1)c1c[nH]c2ccccc12)N1CCOCC1. The Morgan fingerprint density at radius 2 is 1.90 bits per heavy atom. The number of nitrogens with zero attached hydrogens (tertiary/aromatic N) is 1. The van der Waals surface area contributed by atoms with E-state index in [0.29, 0.717) is 31.9 Å². The zero-order chi connectivity index (χ0) is 21.3. The number of benzene rings is 2. The maximum Gasteiger partial charge on any atom is 0.417 e. The van der Waals surface area contributed by atoms with Crippen molar-refractivity contribution in [1.29, 1.82) is 0 Å². The standard InChI is InChI=1S/C22H20ClF3N2O2/c23-19-6-5-14(11-18(19)22(24,25)26)16(12-21(29)28-7-9-30-10-8-28)17-13-27-20-4-2-1-3-15(17)20/h1-6,11,13,16,27H,7-10,12H2/t16-/m0/s1. The molecular formula is C22H20ClF3N2O2. The molecule has 3 aromatic rings. The summed E-state index contributed by atoms with van der Waals surface area (Å²) < 4.78 is 45.7. The number of aromatic amines is 1. The summed E-state index contributed by atoms with van der Waals surface area (Å²) in [5, 5.41) is 0.518. The fourth-order valence-corrected chi connectivity index (χ4v) is 4.11. The van der Waals surface area contributed by atoms with E-state index in [4.69, 9.17) is 16.3 Å². The third kappa shape index (κ3) is 4.18. The van der Waals surface area contributed by atoms with Crippen LogP contribution in [0.4, 0.5) is 13.2 Å². The average Bonchev–Trinajstić information content (AvgIpc) is 3.16. The second kappa shape index (κ2) is 8.32. The van der Waals surface area contributed by atoms with Crippen molar-refractivity contribution in [3.8, 4) is 0 Å². The number of carbonyl (C=O) groups is 1. The number of hydrogen-bond donors (Lipinski definition) is 1. The summed E-state index contributed by atoms with van der Waals surface area (Å²) in [5.41, 5.74) is 1.15. The maximum atomic E-state index is 13.5. The van der Waals surface area contributed by atoms with E-state index < -0.39 is 17.7 Å². The first kappa shape index (κ1) is 20.8. The fourth-order valence-electron chi connectivity index (χ4n) is 3.88. The number of carbonyl (C=O) groups excluding carboxylic acids is 1. The third-order valence-electron chi connectivity index (χ3n) is 5.44. The number of alkyl halides is 3. The minimum atomic E-state index is -4.58. The normalized spacial score (nSPS) is 16.1. The van der Waals surface area contributed by atoms with Crippen molar-refractivity contribution >= 4 is 28.4 Å². The quantitative estimate of drug-likeness (QED) is 0.609. The van der Waals surface area contributed by atoms with Crippen molar-refractivity contribution < 1.29 is 22.7 Å². The highest BCUT2D eigenvalue weighted by Crippen LogP contribution is 2.40. The van der Waals surface area contributed by atoms with Crippen LogP contribution >= 0.6 is 11.6 Å². The lowest BCUT2D eigenvalue weighted by atomic mass is 9.87. The summed E-state index contributed by atoms with van der Waals surface area (Å²) >= 11 is 5.82. The van der Waals surface area contributed by atoms with E-state index >= 15 is 0 Å². The van der Waals surface area contributed by atoms with E-state index in [-0.39, 0.29) is 17.4 Å². The Bertz CT molecular complexity index is 1060. The molecule has 1 atom stereocenters. The molecule has 0 spiro atoms. The van der Waals surface area contributed by atoms with Gasteiger partial charge in [-0.2, -0.15) is 13.2 Å². The lowest BCUT2D eigenvalue weighted by Gasteiger charge is -2.29. The van der Waals surface area contributed by atoms with Gasteiger partial charge in [0.15, 0.2) is 0 Å². The van der Waals surface area contributed by atoms with Gasteiger partial charge in [0.25, 0.3) is 0 Å². The average molecular weight is 437 g/mol. The minimum Gasteiger partial charge on any atom is -0.378 e. The molecule has 158 valence electrons. The van der Waals surface area contributed by atoms with Crippen LogP contribution in [0.3, 0.4) is 0 Å². The van der Waals surface area contributed by atoms with Gasteiger partial charge in [-0.05, 0) is 29.3 Å². The number of halogens is 4. The Labute approximate surface area is 176 Å². The molecule has 1 aliphatic rings. The molecule has 0 unspecified atom stereocenters. The van der Waals surface area contributed by atoms with Crippen LogP contribution in [0.1, 0.15) is 29.0 Å².